The summed E-state index contributed by atoms with van der Waals surface area (Å²) in [6.07, 6.45) is 2.36. The number of rotatable bonds is 5. The van der Waals surface area contributed by atoms with Gasteiger partial charge in [0, 0.05) is 22.3 Å². The second-order valence-corrected chi connectivity index (χ2v) is 6.74. The normalized spacial score (nSPS) is 16.8. The number of ether oxygens (including phenoxy) is 2. The van der Waals surface area contributed by atoms with Gasteiger partial charge in [0.2, 0.25) is 0 Å². The van der Waals surface area contributed by atoms with Crippen molar-refractivity contribution in [2.24, 2.45) is 0 Å². The predicted octanol–water partition coefficient (Wildman–Crippen LogP) is 4.57. The topological polar surface area (TPSA) is 47.6 Å². The Labute approximate surface area is 150 Å². The van der Waals surface area contributed by atoms with Gasteiger partial charge in [0.05, 0.1) is 6.10 Å². The number of benzene rings is 2. The Morgan fingerprint density at radius 1 is 1.29 bits per heavy atom. The fourth-order valence-electron chi connectivity index (χ4n) is 2.54. The van der Waals surface area contributed by atoms with Crippen molar-refractivity contribution in [3.63, 3.8) is 0 Å². The average molecular weight is 390 g/mol. The van der Waals surface area contributed by atoms with E-state index in [0.29, 0.717) is 12.2 Å². The van der Waals surface area contributed by atoms with E-state index >= 15 is 0 Å². The number of amides is 1. The molecule has 4 nitrogen and oxygen atoms in total. The number of aryl methyl sites for hydroxylation is 1. The molecular weight excluding hydrogens is 370 g/mol. The van der Waals surface area contributed by atoms with Crippen LogP contribution in [0.25, 0.3) is 0 Å². The van der Waals surface area contributed by atoms with Crippen molar-refractivity contribution < 1.29 is 14.3 Å². The molecular formula is C19H20BrNO3. The summed E-state index contributed by atoms with van der Waals surface area (Å²) in [4.78, 5) is 12.3. The summed E-state index contributed by atoms with van der Waals surface area (Å²) in [6, 6.07) is 12.9. The lowest BCUT2D eigenvalue weighted by Crippen LogP contribution is -2.16. The third-order valence-corrected chi connectivity index (χ3v) is 4.86. The number of carbonyl (C=O) groups is 1. The van der Waals surface area contributed by atoms with Gasteiger partial charge >= 0.3 is 0 Å². The number of halogens is 1. The lowest BCUT2D eigenvalue weighted by molar-refractivity contribution is 0.0679. The van der Waals surface area contributed by atoms with Gasteiger partial charge in [-0.2, -0.15) is 0 Å². The van der Waals surface area contributed by atoms with Crippen LogP contribution in [-0.4, -0.2) is 25.2 Å². The number of anilines is 1. The van der Waals surface area contributed by atoms with Crippen LogP contribution in [-0.2, 0) is 4.74 Å². The lowest BCUT2D eigenvalue weighted by Gasteiger charge is -2.12. The molecule has 1 aliphatic heterocycles. The first-order chi connectivity index (χ1) is 11.6. The Balaban J connectivity index is 1.56. The van der Waals surface area contributed by atoms with E-state index in [9.17, 15) is 4.79 Å². The van der Waals surface area contributed by atoms with Crippen LogP contribution < -0.4 is 10.1 Å². The number of nitrogens with one attached hydrogen (secondary N) is 1. The molecule has 24 heavy (non-hydrogen) atoms. The molecule has 1 N–H and O–H groups in total. The summed E-state index contributed by atoms with van der Waals surface area (Å²) in [6.45, 7) is 3.39. The molecule has 1 saturated heterocycles. The van der Waals surface area contributed by atoms with Gasteiger partial charge in [-0.15, -0.1) is 0 Å². The van der Waals surface area contributed by atoms with Gasteiger partial charge in [-0.05, 0) is 61.7 Å². The van der Waals surface area contributed by atoms with Crippen LogP contribution in [0.5, 0.6) is 5.75 Å². The molecule has 5 heteroatoms. The summed E-state index contributed by atoms with van der Waals surface area (Å²) < 4.78 is 12.2. The second-order valence-electron chi connectivity index (χ2n) is 5.89. The number of hydrogen-bond acceptors (Lipinski definition) is 3. The Hall–Kier alpha value is -1.85. The van der Waals surface area contributed by atoms with E-state index in [1.54, 1.807) is 0 Å². The maximum Gasteiger partial charge on any atom is 0.255 e. The van der Waals surface area contributed by atoms with E-state index in [4.69, 9.17) is 9.47 Å². The number of hydrogen-bond donors (Lipinski definition) is 1. The smallest absolute Gasteiger partial charge is 0.255 e. The third-order valence-electron chi connectivity index (χ3n) is 4.01. The molecule has 0 unspecified atom stereocenters. The first-order valence-electron chi connectivity index (χ1n) is 8.04. The van der Waals surface area contributed by atoms with Crippen molar-refractivity contribution in [2.75, 3.05) is 18.5 Å². The van der Waals surface area contributed by atoms with Gasteiger partial charge < -0.3 is 14.8 Å². The van der Waals surface area contributed by atoms with Crippen molar-refractivity contribution in [2.45, 2.75) is 25.9 Å². The molecule has 1 heterocycles. The van der Waals surface area contributed by atoms with Gasteiger partial charge in [0.25, 0.3) is 5.91 Å². The molecule has 3 rings (SSSR count). The maximum atomic E-state index is 12.3. The lowest BCUT2D eigenvalue weighted by atomic mass is 10.1. The third kappa shape index (κ3) is 4.36. The molecule has 0 aromatic heterocycles. The molecule has 0 radical (unpaired) electrons. The Kier molecular flexibility index (Phi) is 5.53. The maximum absolute atomic E-state index is 12.3. The van der Waals surface area contributed by atoms with Crippen molar-refractivity contribution >= 4 is 27.5 Å². The molecule has 1 amide bonds. The summed E-state index contributed by atoms with van der Waals surface area (Å²) in [5.74, 6) is 0.644. The zero-order valence-electron chi connectivity index (χ0n) is 13.5. The minimum atomic E-state index is -0.135. The van der Waals surface area contributed by atoms with Gasteiger partial charge in [-0.25, -0.2) is 0 Å². The highest BCUT2D eigenvalue weighted by molar-refractivity contribution is 9.10. The van der Waals surface area contributed by atoms with Crippen molar-refractivity contribution in [1.82, 2.24) is 0 Å². The van der Waals surface area contributed by atoms with E-state index < -0.39 is 0 Å². The van der Waals surface area contributed by atoms with E-state index in [-0.39, 0.29) is 12.0 Å². The van der Waals surface area contributed by atoms with Crippen LogP contribution in [0.3, 0.4) is 0 Å². The highest BCUT2D eigenvalue weighted by atomic mass is 79.9. The zero-order chi connectivity index (χ0) is 16.9. The molecule has 1 atom stereocenters. The Bertz CT molecular complexity index is 709. The van der Waals surface area contributed by atoms with Gasteiger partial charge in [-0.1, -0.05) is 22.0 Å². The molecule has 0 bridgehead atoms. The molecule has 2 aromatic carbocycles. The van der Waals surface area contributed by atoms with E-state index in [0.717, 1.165) is 40.9 Å². The van der Waals surface area contributed by atoms with Crippen LogP contribution in [0.1, 0.15) is 28.8 Å². The van der Waals surface area contributed by atoms with Crippen LogP contribution in [0.4, 0.5) is 5.69 Å². The van der Waals surface area contributed by atoms with Crippen LogP contribution in [0, 0.1) is 6.92 Å². The Morgan fingerprint density at radius 2 is 2.08 bits per heavy atom. The largest absolute Gasteiger partial charge is 0.491 e. The monoisotopic (exact) mass is 389 g/mol. The molecule has 0 spiro atoms. The predicted molar refractivity (Wildman–Crippen MR) is 97.7 cm³/mol. The zero-order valence-corrected chi connectivity index (χ0v) is 15.1. The highest BCUT2D eigenvalue weighted by Crippen LogP contribution is 2.21. The molecule has 2 aromatic rings. The van der Waals surface area contributed by atoms with Crippen LogP contribution >= 0.6 is 15.9 Å². The second kappa shape index (κ2) is 7.81. The summed E-state index contributed by atoms with van der Waals surface area (Å²) in [7, 11) is 0. The Morgan fingerprint density at radius 3 is 2.75 bits per heavy atom. The van der Waals surface area contributed by atoms with E-state index in [1.807, 2.05) is 49.4 Å². The summed E-state index contributed by atoms with van der Waals surface area (Å²) >= 11 is 3.45. The van der Waals surface area contributed by atoms with Gasteiger partial charge in [0.1, 0.15) is 12.4 Å². The SMILES string of the molecule is Cc1ccc(C(=O)Nc2ccc(OC[C@H]3CCCO3)cc2)cc1Br. The molecule has 126 valence electrons. The fourth-order valence-corrected chi connectivity index (χ4v) is 2.92. The summed E-state index contributed by atoms with van der Waals surface area (Å²) in [5, 5.41) is 2.89. The van der Waals surface area contributed by atoms with Crippen molar-refractivity contribution in [1.29, 1.82) is 0 Å². The van der Waals surface area contributed by atoms with Crippen LogP contribution in [0.15, 0.2) is 46.9 Å². The fraction of sp³-hybridized carbons (Fsp3) is 0.316. The average Bonchev–Trinajstić information content (AvgIpc) is 3.10. The highest BCUT2D eigenvalue weighted by Gasteiger charge is 2.16. The molecule has 0 aliphatic carbocycles. The van der Waals surface area contributed by atoms with E-state index in [1.165, 1.54) is 0 Å². The molecule has 0 saturated carbocycles. The summed E-state index contributed by atoms with van der Waals surface area (Å²) in [5.41, 5.74) is 2.45. The molecule has 1 aliphatic rings. The van der Waals surface area contributed by atoms with E-state index in [2.05, 4.69) is 21.2 Å². The van der Waals surface area contributed by atoms with Crippen molar-refractivity contribution in [3.05, 3.63) is 58.1 Å². The standard InChI is InChI=1S/C19H20BrNO3/c1-13-4-5-14(11-18(13)20)19(22)21-15-6-8-16(9-7-15)24-12-17-3-2-10-23-17/h4-9,11,17H,2-3,10,12H2,1H3,(H,21,22)/t17-/m1/s1. The molecule has 1 fully saturated rings. The first-order valence-corrected chi connectivity index (χ1v) is 8.83. The number of carbonyl (C=O) groups excluding carboxylic acids is 1. The van der Waals surface area contributed by atoms with Gasteiger partial charge in [-0.3, -0.25) is 4.79 Å². The van der Waals surface area contributed by atoms with Gasteiger partial charge in [0.15, 0.2) is 0 Å². The quantitative estimate of drug-likeness (QED) is 0.814. The minimum Gasteiger partial charge on any atom is -0.491 e. The van der Waals surface area contributed by atoms with Crippen LogP contribution in [0.2, 0.25) is 0 Å². The van der Waals surface area contributed by atoms with Crippen molar-refractivity contribution in [3.8, 4) is 5.75 Å². The first kappa shape index (κ1) is 17.0. The minimum absolute atomic E-state index is 0.135.